The molecule has 1 unspecified atom stereocenters. The van der Waals surface area contributed by atoms with E-state index < -0.39 is 0 Å². The summed E-state index contributed by atoms with van der Waals surface area (Å²) in [5.41, 5.74) is 8.55. The van der Waals surface area contributed by atoms with Gasteiger partial charge in [-0.1, -0.05) is 31.2 Å². The molecular formula is C12H20N2. The van der Waals surface area contributed by atoms with E-state index in [4.69, 9.17) is 5.73 Å². The molecule has 0 bridgehead atoms. The van der Waals surface area contributed by atoms with Crippen LogP contribution in [0.4, 0.5) is 0 Å². The molecule has 1 aromatic rings. The Labute approximate surface area is 86.7 Å². The van der Waals surface area contributed by atoms with Gasteiger partial charge >= 0.3 is 0 Å². The van der Waals surface area contributed by atoms with E-state index in [1.54, 1.807) is 0 Å². The van der Waals surface area contributed by atoms with Crippen molar-refractivity contribution in [1.29, 1.82) is 0 Å². The van der Waals surface area contributed by atoms with Gasteiger partial charge in [0.1, 0.15) is 0 Å². The summed E-state index contributed by atoms with van der Waals surface area (Å²) in [5, 5.41) is 0. The Kier molecular flexibility index (Phi) is 4.11. The zero-order chi connectivity index (χ0) is 10.6. The lowest BCUT2D eigenvalue weighted by Gasteiger charge is -2.25. The molecule has 0 heterocycles. The lowest BCUT2D eigenvalue weighted by Crippen LogP contribution is -2.28. The van der Waals surface area contributed by atoms with Gasteiger partial charge < -0.3 is 10.6 Å². The van der Waals surface area contributed by atoms with Crippen LogP contribution < -0.4 is 5.73 Å². The molecule has 1 atom stereocenters. The summed E-state index contributed by atoms with van der Waals surface area (Å²) < 4.78 is 0. The minimum Gasteiger partial charge on any atom is -0.329 e. The Balaban J connectivity index is 3.02. The van der Waals surface area contributed by atoms with Gasteiger partial charge in [0.05, 0.1) is 0 Å². The number of aryl methyl sites for hydroxylation is 1. The van der Waals surface area contributed by atoms with Crippen LogP contribution in [0.25, 0.3) is 0 Å². The molecule has 0 aliphatic carbocycles. The number of rotatable bonds is 4. The first-order chi connectivity index (χ1) is 6.70. The summed E-state index contributed by atoms with van der Waals surface area (Å²) in [6.45, 7) is 2.85. The predicted molar refractivity (Wildman–Crippen MR) is 61.3 cm³/mol. The molecule has 14 heavy (non-hydrogen) atoms. The van der Waals surface area contributed by atoms with Gasteiger partial charge in [-0.15, -0.1) is 0 Å². The van der Waals surface area contributed by atoms with Gasteiger partial charge in [0, 0.05) is 12.6 Å². The van der Waals surface area contributed by atoms with Crippen LogP contribution in [-0.4, -0.2) is 25.5 Å². The smallest absolute Gasteiger partial charge is 0.0467 e. The number of nitrogens with zero attached hydrogens (tertiary/aromatic N) is 1. The molecule has 0 aliphatic rings. The first-order valence-corrected chi connectivity index (χ1v) is 5.15. The summed E-state index contributed by atoms with van der Waals surface area (Å²) in [4.78, 5) is 2.18. The average molecular weight is 192 g/mol. The van der Waals surface area contributed by atoms with E-state index in [2.05, 4.69) is 50.2 Å². The summed E-state index contributed by atoms with van der Waals surface area (Å²) in [6.07, 6.45) is 1.07. The molecule has 0 radical (unpaired) electrons. The minimum absolute atomic E-state index is 0.339. The SMILES string of the molecule is CCc1ccccc1C(CN)N(C)C. The van der Waals surface area contributed by atoms with Gasteiger partial charge in [0.25, 0.3) is 0 Å². The maximum absolute atomic E-state index is 5.79. The molecule has 2 N–H and O–H groups in total. The van der Waals surface area contributed by atoms with Gasteiger partial charge in [-0.3, -0.25) is 0 Å². The Bertz CT molecular complexity index is 281. The Hall–Kier alpha value is -0.860. The molecule has 2 heteroatoms. The fourth-order valence-electron chi connectivity index (χ4n) is 1.80. The third kappa shape index (κ3) is 2.34. The van der Waals surface area contributed by atoms with E-state index >= 15 is 0 Å². The second kappa shape index (κ2) is 5.13. The molecule has 1 rings (SSSR count). The van der Waals surface area contributed by atoms with Crippen molar-refractivity contribution in [1.82, 2.24) is 4.90 Å². The molecule has 0 aliphatic heterocycles. The van der Waals surface area contributed by atoms with E-state index in [-0.39, 0.29) is 0 Å². The summed E-state index contributed by atoms with van der Waals surface area (Å²) in [6, 6.07) is 8.87. The molecule has 0 amide bonds. The topological polar surface area (TPSA) is 29.3 Å². The minimum atomic E-state index is 0.339. The van der Waals surface area contributed by atoms with Crippen LogP contribution in [0.1, 0.15) is 24.1 Å². The molecule has 0 saturated carbocycles. The van der Waals surface area contributed by atoms with Crippen molar-refractivity contribution in [3.8, 4) is 0 Å². The number of hydrogen-bond acceptors (Lipinski definition) is 2. The number of nitrogens with two attached hydrogens (primary N) is 1. The van der Waals surface area contributed by atoms with Crippen LogP contribution in [0.15, 0.2) is 24.3 Å². The standard InChI is InChI=1S/C12H20N2/c1-4-10-7-5-6-8-11(10)12(9-13)14(2)3/h5-8,12H,4,9,13H2,1-3H3. The predicted octanol–water partition coefficient (Wildman–Crippen LogP) is 1.81. The van der Waals surface area contributed by atoms with Crippen molar-refractivity contribution in [3.63, 3.8) is 0 Å². The van der Waals surface area contributed by atoms with Crippen molar-refractivity contribution >= 4 is 0 Å². The fraction of sp³-hybridized carbons (Fsp3) is 0.500. The molecule has 78 valence electrons. The summed E-state index contributed by atoms with van der Waals surface area (Å²) >= 11 is 0. The van der Waals surface area contributed by atoms with Crippen LogP contribution in [0.5, 0.6) is 0 Å². The lowest BCUT2D eigenvalue weighted by atomic mass is 9.98. The molecule has 1 aromatic carbocycles. The largest absolute Gasteiger partial charge is 0.329 e. The number of benzene rings is 1. The van der Waals surface area contributed by atoms with E-state index in [0.29, 0.717) is 12.6 Å². The van der Waals surface area contributed by atoms with Crippen molar-refractivity contribution in [3.05, 3.63) is 35.4 Å². The molecule has 2 nitrogen and oxygen atoms in total. The zero-order valence-corrected chi connectivity index (χ0v) is 9.33. The van der Waals surface area contributed by atoms with E-state index in [0.717, 1.165) is 6.42 Å². The zero-order valence-electron chi connectivity index (χ0n) is 9.33. The van der Waals surface area contributed by atoms with Gasteiger partial charge in [-0.25, -0.2) is 0 Å². The maximum Gasteiger partial charge on any atom is 0.0467 e. The monoisotopic (exact) mass is 192 g/mol. The average Bonchev–Trinajstić information content (AvgIpc) is 2.19. The van der Waals surface area contributed by atoms with Gasteiger partial charge in [-0.05, 0) is 31.6 Å². The molecular weight excluding hydrogens is 172 g/mol. The van der Waals surface area contributed by atoms with E-state index in [9.17, 15) is 0 Å². The van der Waals surface area contributed by atoms with Crippen LogP contribution in [-0.2, 0) is 6.42 Å². The second-order valence-corrected chi connectivity index (χ2v) is 3.77. The van der Waals surface area contributed by atoms with E-state index in [1.165, 1.54) is 11.1 Å². The fourth-order valence-corrected chi connectivity index (χ4v) is 1.80. The first kappa shape index (κ1) is 11.2. The normalized spacial score (nSPS) is 13.2. The highest BCUT2D eigenvalue weighted by atomic mass is 15.1. The summed E-state index contributed by atoms with van der Waals surface area (Å²) in [7, 11) is 4.15. The molecule has 0 fully saturated rings. The second-order valence-electron chi connectivity index (χ2n) is 3.77. The van der Waals surface area contributed by atoms with Crippen LogP contribution in [0, 0.1) is 0 Å². The number of hydrogen-bond donors (Lipinski definition) is 1. The third-order valence-electron chi connectivity index (χ3n) is 2.64. The Morgan fingerprint density at radius 1 is 1.29 bits per heavy atom. The van der Waals surface area contributed by atoms with Crippen LogP contribution >= 0.6 is 0 Å². The van der Waals surface area contributed by atoms with Gasteiger partial charge in [0.2, 0.25) is 0 Å². The third-order valence-corrected chi connectivity index (χ3v) is 2.64. The summed E-state index contributed by atoms with van der Waals surface area (Å²) in [5.74, 6) is 0. The molecule has 0 aromatic heterocycles. The highest BCUT2D eigenvalue weighted by molar-refractivity contribution is 5.30. The van der Waals surface area contributed by atoms with E-state index in [1.807, 2.05) is 0 Å². The van der Waals surface area contributed by atoms with Crippen LogP contribution in [0.2, 0.25) is 0 Å². The van der Waals surface area contributed by atoms with Gasteiger partial charge in [0.15, 0.2) is 0 Å². The van der Waals surface area contributed by atoms with Gasteiger partial charge in [-0.2, -0.15) is 0 Å². The number of likely N-dealkylation sites (N-methyl/N-ethyl adjacent to an activating group) is 1. The van der Waals surface area contributed by atoms with Crippen molar-refractivity contribution < 1.29 is 0 Å². The van der Waals surface area contributed by atoms with Crippen molar-refractivity contribution in [2.75, 3.05) is 20.6 Å². The van der Waals surface area contributed by atoms with Crippen molar-refractivity contribution in [2.45, 2.75) is 19.4 Å². The highest BCUT2D eigenvalue weighted by Crippen LogP contribution is 2.21. The Morgan fingerprint density at radius 3 is 2.43 bits per heavy atom. The highest BCUT2D eigenvalue weighted by Gasteiger charge is 2.14. The quantitative estimate of drug-likeness (QED) is 0.788. The first-order valence-electron chi connectivity index (χ1n) is 5.15. The van der Waals surface area contributed by atoms with Crippen molar-refractivity contribution in [2.24, 2.45) is 5.73 Å². The Morgan fingerprint density at radius 2 is 1.93 bits per heavy atom. The maximum atomic E-state index is 5.79. The molecule has 0 spiro atoms. The lowest BCUT2D eigenvalue weighted by molar-refractivity contribution is 0.304. The van der Waals surface area contributed by atoms with Crippen LogP contribution in [0.3, 0.4) is 0 Å². The molecule has 0 saturated heterocycles.